The highest BCUT2D eigenvalue weighted by atomic mass is 16.7. The molecule has 0 aromatic carbocycles. The molecule has 7 heteroatoms. The summed E-state index contributed by atoms with van der Waals surface area (Å²) in [4.78, 5) is 27.8. The fourth-order valence-electron chi connectivity index (χ4n) is 1.63. The van der Waals surface area contributed by atoms with Crippen LogP contribution in [0.3, 0.4) is 0 Å². The van der Waals surface area contributed by atoms with Gasteiger partial charge in [0, 0.05) is 13.1 Å². The molecule has 1 atom stereocenters. The maximum Gasteiger partial charge on any atom is 0.338 e. The lowest BCUT2D eigenvalue weighted by Gasteiger charge is -2.11. The highest BCUT2D eigenvalue weighted by Gasteiger charge is 2.19. The number of likely N-dealkylation sites (tertiary alicyclic amines) is 1. The number of carboxylic acid groups (broad SMARTS) is 1. The minimum atomic E-state index is -1.13. The number of nitrogens with one attached hydrogen (secondary N) is 2. The zero-order valence-electron chi connectivity index (χ0n) is 9.23. The SMILES string of the molecule is CN1CCC(CNC(=O)NOCC(=O)O)C1. The summed E-state index contributed by atoms with van der Waals surface area (Å²) in [5.74, 6) is -0.673. The van der Waals surface area contributed by atoms with Gasteiger partial charge < -0.3 is 15.3 Å². The molecule has 92 valence electrons. The molecule has 1 saturated heterocycles. The van der Waals surface area contributed by atoms with Crippen LogP contribution < -0.4 is 10.8 Å². The predicted octanol–water partition coefficient (Wildman–Crippen LogP) is -0.746. The van der Waals surface area contributed by atoms with Gasteiger partial charge in [-0.1, -0.05) is 0 Å². The van der Waals surface area contributed by atoms with Crippen molar-refractivity contribution in [2.75, 3.05) is 33.3 Å². The number of hydroxylamine groups is 1. The van der Waals surface area contributed by atoms with E-state index in [0.29, 0.717) is 12.5 Å². The number of hydrogen-bond acceptors (Lipinski definition) is 4. The number of urea groups is 1. The molecule has 7 nitrogen and oxygen atoms in total. The first kappa shape index (κ1) is 12.7. The van der Waals surface area contributed by atoms with Crippen molar-refractivity contribution in [3.05, 3.63) is 0 Å². The molecule has 0 aromatic heterocycles. The molecule has 1 aliphatic heterocycles. The zero-order valence-corrected chi connectivity index (χ0v) is 9.23. The molecule has 0 aliphatic carbocycles. The van der Waals surface area contributed by atoms with Crippen LogP contribution in [0.1, 0.15) is 6.42 Å². The summed E-state index contributed by atoms with van der Waals surface area (Å²) in [5.41, 5.74) is 2.00. The monoisotopic (exact) mass is 231 g/mol. The van der Waals surface area contributed by atoms with Crippen molar-refractivity contribution in [2.45, 2.75) is 6.42 Å². The van der Waals surface area contributed by atoms with Gasteiger partial charge in [0.1, 0.15) is 0 Å². The topological polar surface area (TPSA) is 90.9 Å². The first-order valence-corrected chi connectivity index (χ1v) is 5.14. The Kier molecular flexibility index (Phi) is 5.00. The van der Waals surface area contributed by atoms with Crippen LogP contribution in [-0.2, 0) is 9.63 Å². The average molecular weight is 231 g/mol. The van der Waals surface area contributed by atoms with E-state index in [1.807, 2.05) is 12.5 Å². The molecule has 0 bridgehead atoms. The van der Waals surface area contributed by atoms with Gasteiger partial charge in [0.25, 0.3) is 0 Å². The maximum absolute atomic E-state index is 11.1. The molecule has 1 heterocycles. The van der Waals surface area contributed by atoms with E-state index in [0.717, 1.165) is 19.5 Å². The molecule has 1 aliphatic rings. The zero-order chi connectivity index (χ0) is 12.0. The third-order valence-corrected chi connectivity index (χ3v) is 2.40. The van der Waals surface area contributed by atoms with E-state index in [-0.39, 0.29) is 0 Å². The van der Waals surface area contributed by atoms with Crippen molar-refractivity contribution >= 4 is 12.0 Å². The van der Waals surface area contributed by atoms with E-state index >= 15 is 0 Å². The Morgan fingerprint density at radius 3 is 2.88 bits per heavy atom. The van der Waals surface area contributed by atoms with Crippen molar-refractivity contribution in [3.8, 4) is 0 Å². The first-order valence-electron chi connectivity index (χ1n) is 5.14. The van der Waals surface area contributed by atoms with Crippen LogP contribution in [0, 0.1) is 5.92 Å². The van der Waals surface area contributed by atoms with Crippen molar-refractivity contribution < 1.29 is 19.5 Å². The summed E-state index contributed by atoms with van der Waals surface area (Å²) in [6, 6.07) is -0.504. The molecule has 1 fully saturated rings. The molecule has 0 radical (unpaired) electrons. The van der Waals surface area contributed by atoms with E-state index in [9.17, 15) is 9.59 Å². The van der Waals surface area contributed by atoms with Gasteiger partial charge in [-0.05, 0) is 25.9 Å². The third-order valence-electron chi connectivity index (χ3n) is 2.40. The minimum absolute atomic E-state index is 0.454. The first-order chi connectivity index (χ1) is 7.58. The van der Waals surface area contributed by atoms with E-state index in [1.165, 1.54) is 0 Å². The number of rotatable bonds is 5. The van der Waals surface area contributed by atoms with E-state index < -0.39 is 18.6 Å². The molecule has 0 aromatic rings. The molecule has 1 unspecified atom stereocenters. The summed E-state index contributed by atoms with van der Waals surface area (Å²) in [6.45, 7) is 2.05. The largest absolute Gasteiger partial charge is 0.479 e. The number of carboxylic acids is 1. The second kappa shape index (κ2) is 6.29. The molecule has 3 N–H and O–H groups in total. The molecule has 0 saturated carbocycles. The van der Waals surface area contributed by atoms with Crippen molar-refractivity contribution in [1.82, 2.24) is 15.7 Å². The summed E-state index contributed by atoms with van der Waals surface area (Å²) < 4.78 is 0. The number of carbonyl (C=O) groups excluding carboxylic acids is 1. The normalized spacial score (nSPS) is 20.7. The molecule has 1 rings (SSSR count). The van der Waals surface area contributed by atoms with Gasteiger partial charge in [-0.3, -0.25) is 4.84 Å². The lowest BCUT2D eigenvalue weighted by atomic mass is 10.1. The highest BCUT2D eigenvalue weighted by Crippen LogP contribution is 2.12. The van der Waals surface area contributed by atoms with Crippen LogP contribution in [0.2, 0.25) is 0 Å². The molecule has 16 heavy (non-hydrogen) atoms. The minimum Gasteiger partial charge on any atom is -0.479 e. The van der Waals surface area contributed by atoms with Crippen molar-refractivity contribution in [2.24, 2.45) is 5.92 Å². The van der Waals surface area contributed by atoms with Crippen LogP contribution in [0.4, 0.5) is 4.79 Å². The third kappa shape index (κ3) is 4.94. The van der Waals surface area contributed by atoms with Crippen LogP contribution >= 0.6 is 0 Å². The quantitative estimate of drug-likeness (QED) is 0.542. The Bertz CT molecular complexity index is 259. The summed E-state index contributed by atoms with van der Waals surface area (Å²) in [5, 5.41) is 10.9. The smallest absolute Gasteiger partial charge is 0.338 e. The molecular weight excluding hydrogens is 214 g/mol. The second-order valence-electron chi connectivity index (χ2n) is 3.91. The van der Waals surface area contributed by atoms with Gasteiger partial charge in [0.15, 0.2) is 6.61 Å². The Morgan fingerprint density at radius 2 is 2.31 bits per heavy atom. The molecule has 0 spiro atoms. The van der Waals surface area contributed by atoms with Crippen molar-refractivity contribution in [3.63, 3.8) is 0 Å². The number of amides is 2. The van der Waals surface area contributed by atoms with Crippen LogP contribution in [0.25, 0.3) is 0 Å². The van der Waals surface area contributed by atoms with Gasteiger partial charge >= 0.3 is 12.0 Å². The lowest BCUT2D eigenvalue weighted by Crippen LogP contribution is -2.39. The Morgan fingerprint density at radius 1 is 1.56 bits per heavy atom. The Hall–Kier alpha value is -1.34. The summed E-state index contributed by atoms with van der Waals surface area (Å²) in [6.07, 6.45) is 1.06. The Balaban J connectivity index is 2.04. The van der Waals surface area contributed by atoms with E-state index in [2.05, 4.69) is 15.1 Å². The van der Waals surface area contributed by atoms with E-state index in [1.54, 1.807) is 0 Å². The Labute approximate surface area is 93.7 Å². The van der Waals surface area contributed by atoms with Crippen LogP contribution in [-0.4, -0.2) is 55.3 Å². The van der Waals surface area contributed by atoms with Gasteiger partial charge in [-0.2, -0.15) is 0 Å². The number of aliphatic carboxylic acids is 1. The van der Waals surface area contributed by atoms with Crippen LogP contribution in [0.5, 0.6) is 0 Å². The number of carbonyl (C=O) groups is 2. The van der Waals surface area contributed by atoms with Crippen molar-refractivity contribution in [1.29, 1.82) is 0 Å². The summed E-state index contributed by atoms with van der Waals surface area (Å²) in [7, 11) is 2.04. The van der Waals surface area contributed by atoms with Gasteiger partial charge in [0.2, 0.25) is 0 Å². The number of hydrogen-bond donors (Lipinski definition) is 3. The fourth-order valence-corrected chi connectivity index (χ4v) is 1.63. The van der Waals surface area contributed by atoms with Gasteiger partial charge in [0.05, 0.1) is 0 Å². The average Bonchev–Trinajstić information content (AvgIpc) is 2.61. The number of nitrogens with zero attached hydrogens (tertiary/aromatic N) is 1. The fraction of sp³-hybridized carbons (Fsp3) is 0.778. The molecular formula is C9H17N3O4. The molecule has 2 amide bonds. The van der Waals surface area contributed by atoms with Gasteiger partial charge in [-0.15, -0.1) is 0 Å². The highest BCUT2D eigenvalue weighted by molar-refractivity contribution is 5.73. The lowest BCUT2D eigenvalue weighted by molar-refractivity contribution is -0.144. The van der Waals surface area contributed by atoms with E-state index in [4.69, 9.17) is 5.11 Å². The standard InChI is InChI=1S/C9H17N3O4/c1-12-3-2-7(5-12)4-10-9(15)11-16-6-8(13)14/h7H,2-6H2,1H3,(H,13,14)(H2,10,11,15). The van der Waals surface area contributed by atoms with Gasteiger partial charge in [-0.25, -0.2) is 15.1 Å². The van der Waals surface area contributed by atoms with Crippen LogP contribution in [0.15, 0.2) is 0 Å². The summed E-state index contributed by atoms with van der Waals surface area (Å²) >= 11 is 0. The maximum atomic E-state index is 11.1. The predicted molar refractivity (Wildman–Crippen MR) is 55.7 cm³/mol. The second-order valence-corrected chi connectivity index (χ2v) is 3.91.